The first-order valence-electron chi connectivity index (χ1n) is 8.22. The Bertz CT molecular complexity index is 1020. The smallest absolute Gasteiger partial charge is 0.157 e. The second-order valence-electron chi connectivity index (χ2n) is 6.20. The molecular formula is C19H20N6. The number of aromatic nitrogens is 5. The van der Waals surface area contributed by atoms with Crippen molar-refractivity contribution in [2.24, 2.45) is 7.05 Å². The van der Waals surface area contributed by atoms with Crippen molar-refractivity contribution in [2.75, 3.05) is 11.9 Å². The standard InChI is InChI=1S/C19H20N6/c1-14-16(12-21-24(14)3)13-23(2)19-11-17(15-7-5-4-6-8-15)22-18-9-10-20-25(18)19/h4-12H,13H2,1-3H3. The van der Waals surface area contributed by atoms with Crippen LogP contribution in [-0.2, 0) is 13.6 Å². The van der Waals surface area contributed by atoms with Gasteiger partial charge in [0.05, 0.1) is 18.1 Å². The maximum absolute atomic E-state index is 4.73. The number of aryl methyl sites for hydroxylation is 1. The number of benzene rings is 1. The van der Waals surface area contributed by atoms with Crippen LogP contribution in [0.2, 0.25) is 0 Å². The van der Waals surface area contributed by atoms with Gasteiger partial charge in [0, 0.05) is 49.6 Å². The van der Waals surface area contributed by atoms with Gasteiger partial charge >= 0.3 is 0 Å². The Morgan fingerprint density at radius 1 is 1.08 bits per heavy atom. The highest BCUT2D eigenvalue weighted by Gasteiger charge is 2.14. The summed E-state index contributed by atoms with van der Waals surface area (Å²) in [6.45, 7) is 2.84. The normalized spacial score (nSPS) is 11.2. The number of anilines is 1. The third kappa shape index (κ3) is 2.76. The maximum atomic E-state index is 4.73. The molecule has 4 aromatic rings. The molecule has 25 heavy (non-hydrogen) atoms. The van der Waals surface area contributed by atoms with Crippen LogP contribution in [0.15, 0.2) is 54.9 Å². The largest absolute Gasteiger partial charge is 0.355 e. The first-order valence-corrected chi connectivity index (χ1v) is 8.22. The number of fused-ring (bicyclic) bond motifs is 1. The molecule has 0 amide bonds. The van der Waals surface area contributed by atoms with Gasteiger partial charge in [-0.15, -0.1) is 0 Å². The second kappa shape index (κ2) is 6.05. The molecular weight excluding hydrogens is 312 g/mol. The molecule has 6 nitrogen and oxygen atoms in total. The van der Waals surface area contributed by atoms with E-state index in [4.69, 9.17) is 4.98 Å². The van der Waals surface area contributed by atoms with Crippen LogP contribution in [0.5, 0.6) is 0 Å². The lowest BCUT2D eigenvalue weighted by atomic mass is 10.1. The van der Waals surface area contributed by atoms with Crippen LogP contribution in [0.3, 0.4) is 0 Å². The average Bonchev–Trinajstić information content (AvgIpc) is 3.23. The van der Waals surface area contributed by atoms with E-state index >= 15 is 0 Å². The van der Waals surface area contributed by atoms with Crippen molar-refractivity contribution in [3.05, 3.63) is 66.1 Å². The monoisotopic (exact) mass is 332 g/mol. The van der Waals surface area contributed by atoms with Gasteiger partial charge < -0.3 is 4.90 Å². The fourth-order valence-corrected chi connectivity index (χ4v) is 2.96. The molecule has 0 radical (unpaired) electrons. The molecule has 0 saturated heterocycles. The third-order valence-corrected chi connectivity index (χ3v) is 4.55. The highest BCUT2D eigenvalue weighted by molar-refractivity contribution is 5.66. The molecule has 0 aliphatic heterocycles. The minimum atomic E-state index is 0.757. The summed E-state index contributed by atoms with van der Waals surface area (Å²) in [5.74, 6) is 0.997. The number of nitrogens with zero attached hydrogens (tertiary/aromatic N) is 6. The predicted molar refractivity (Wildman–Crippen MR) is 98.5 cm³/mol. The summed E-state index contributed by atoms with van der Waals surface area (Å²) in [5, 5.41) is 8.77. The lowest BCUT2D eigenvalue weighted by molar-refractivity contribution is 0.736. The summed E-state index contributed by atoms with van der Waals surface area (Å²) >= 11 is 0. The summed E-state index contributed by atoms with van der Waals surface area (Å²) in [6, 6.07) is 14.2. The van der Waals surface area contributed by atoms with Gasteiger partial charge in [0.2, 0.25) is 0 Å². The van der Waals surface area contributed by atoms with E-state index in [2.05, 4.69) is 47.3 Å². The van der Waals surface area contributed by atoms with Crippen LogP contribution in [0.25, 0.3) is 16.9 Å². The molecule has 0 saturated carbocycles. The zero-order valence-electron chi connectivity index (χ0n) is 14.6. The number of rotatable bonds is 4. The van der Waals surface area contributed by atoms with Crippen LogP contribution in [0.4, 0.5) is 5.82 Å². The highest BCUT2D eigenvalue weighted by Crippen LogP contribution is 2.25. The molecule has 0 bridgehead atoms. The van der Waals surface area contributed by atoms with Crippen molar-refractivity contribution in [1.29, 1.82) is 0 Å². The molecule has 0 atom stereocenters. The van der Waals surface area contributed by atoms with Crippen LogP contribution >= 0.6 is 0 Å². The summed E-state index contributed by atoms with van der Waals surface area (Å²) in [4.78, 5) is 6.91. The van der Waals surface area contributed by atoms with Crippen LogP contribution in [0.1, 0.15) is 11.3 Å². The first kappa shape index (κ1) is 15.4. The van der Waals surface area contributed by atoms with E-state index in [1.54, 1.807) is 6.20 Å². The molecule has 0 fully saturated rings. The van der Waals surface area contributed by atoms with Crippen molar-refractivity contribution >= 4 is 11.5 Å². The fourth-order valence-electron chi connectivity index (χ4n) is 2.96. The molecule has 0 N–H and O–H groups in total. The van der Waals surface area contributed by atoms with E-state index in [1.165, 1.54) is 11.3 Å². The third-order valence-electron chi connectivity index (χ3n) is 4.55. The quantitative estimate of drug-likeness (QED) is 0.576. The molecule has 0 unspecified atom stereocenters. The van der Waals surface area contributed by atoms with E-state index in [0.29, 0.717) is 0 Å². The minimum absolute atomic E-state index is 0.757. The summed E-state index contributed by atoms with van der Waals surface area (Å²) < 4.78 is 3.77. The van der Waals surface area contributed by atoms with Gasteiger partial charge in [-0.2, -0.15) is 14.7 Å². The Kier molecular flexibility index (Phi) is 3.72. The van der Waals surface area contributed by atoms with Gasteiger partial charge in [-0.25, -0.2) is 4.98 Å². The van der Waals surface area contributed by atoms with Gasteiger partial charge in [0.1, 0.15) is 5.82 Å². The SMILES string of the molecule is Cc1c(CN(C)c2cc(-c3ccccc3)nc3ccnn23)cnn1C. The van der Waals surface area contributed by atoms with Gasteiger partial charge in [-0.3, -0.25) is 4.68 Å². The Morgan fingerprint density at radius 2 is 1.88 bits per heavy atom. The van der Waals surface area contributed by atoms with Crippen molar-refractivity contribution < 1.29 is 0 Å². The van der Waals surface area contributed by atoms with Crippen LogP contribution in [-0.4, -0.2) is 31.4 Å². The molecule has 126 valence electrons. The van der Waals surface area contributed by atoms with Crippen molar-refractivity contribution in [3.8, 4) is 11.3 Å². The Balaban J connectivity index is 1.77. The zero-order valence-corrected chi connectivity index (χ0v) is 14.6. The molecule has 0 aliphatic rings. The topological polar surface area (TPSA) is 51.3 Å². The van der Waals surface area contributed by atoms with E-state index in [0.717, 1.165) is 29.3 Å². The van der Waals surface area contributed by atoms with Gasteiger partial charge in [-0.1, -0.05) is 30.3 Å². The summed E-state index contributed by atoms with van der Waals surface area (Å²) in [6.07, 6.45) is 3.70. The summed E-state index contributed by atoms with van der Waals surface area (Å²) in [7, 11) is 4.03. The molecule has 0 aliphatic carbocycles. The average molecular weight is 332 g/mol. The first-order chi connectivity index (χ1) is 12.1. The molecule has 3 heterocycles. The molecule has 3 aromatic heterocycles. The Hall–Kier alpha value is -3.15. The highest BCUT2D eigenvalue weighted by atomic mass is 15.3. The van der Waals surface area contributed by atoms with Crippen molar-refractivity contribution in [3.63, 3.8) is 0 Å². The molecule has 4 rings (SSSR count). The lowest BCUT2D eigenvalue weighted by Crippen LogP contribution is -2.20. The van der Waals surface area contributed by atoms with Gasteiger partial charge in [-0.05, 0) is 6.92 Å². The lowest BCUT2D eigenvalue weighted by Gasteiger charge is -2.20. The van der Waals surface area contributed by atoms with Gasteiger partial charge in [0.25, 0.3) is 0 Å². The number of hydrogen-bond donors (Lipinski definition) is 0. The van der Waals surface area contributed by atoms with Crippen molar-refractivity contribution in [1.82, 2.24) is 24.4 Å². The molecule has 6 heteroatoms. The summed E-state index contributed by atoms with van der Waals surface area (Å²) in [5.41, 5.74) is 5.24. The maximum Gasteiger partial charge on any atom is 0.157 e. The minimum Gasteiger partial charge on any atom is -0.355 e. The van der Waals surface area contributed by atoms with E-state index < -0.39 is 0 Å². The second-order valence-corrected chi connectivity index (χ2v) is 6.20. The fraction of sp³-hybridized carbons (Fsp3) is 0.211. The Morgan fingerprint density at radius 3 is 2.60 bits per heavy atom. The zero-order chi connectivity index (χ0) is 17.4. The van der Waals surface area contributed by atoms with Crippen LogP contribution < -0.4 is 4.90 Å². The van der Waals surface area contributed by atoms with E-state index in [9.17, 15) is 0 Å². The van der Waals surface area contributed by atoms with Gasteiger partial charge in [0.15, 0.2) is 5.65 Å². The molecule has 0 spiro atoms. The van der Waals surface area contributed by atoms with Crippen LogP contribution in [0, 0.1) is 6.92 Å². The predicted octanol–water partition coefficient (Wildman–Crippen LogP) is 3.07. The number of hydrogen-bond acceptors (Lipinski definition) is 4. The van der Waals surface area contributed by atoms with E-state index in [1.807, 2.05) is 46.7 Å². The molecule has 1 aromatic carbocycles. The Labute approximate surface area is 146 Å². The van der Waals surface area contributed by atoms with Crippen molar-refractivity contribution in [2.45, 2.75) is 13.5 Å². The van der Waals surface area contributed by atoms with E-state index in [-0.39, 0.29) is 0 Å².